The molecule has 0 heterocycles. The highest BCUT2D eigenvalue weighted by Crippen LogP contribution is 2.23. The quantitative estimate of drug-likeness (QED) is 0.879. The Balaban J connectivity index is 1.70. The smallest absolute Gasteiger partial charge is 0.257 e. The standard InChI is InChI=1S/C16H22ClNO3/c1-11-8-13(17)4-7-15(11)21-10-16(20)18-9-12-2-5-14(19)6-3-12/h4,7-8,12,14,19H,2-3,5-6,9-10H2,1H3,(H,18,20). The van der Waals surface area contributed by atoms with Crippen LogP contribution in [0, 0.1) is 12.8 Å². The lowest BCUT2D eigenvalue weighted by atomic mass is 9.87. The molecule has 0 saturated heterocycles. The number of aliphatic hydroxyl groups excluding tert-OH is 1. The molecule has 0 atom stereocenters. The van der Waals surface area contributed by atoms with E-state index in [-0.39, 0.29) is 18.6 Å². The van der Waals surface area contributed by atoms with Crippen LogP contribution in [0.25, 0.3) is 0 Å². The average molecular weight is 312 g/mol. The van der Waals surface area contributed by atoms with Gasteiger partial charge in [0, 0.05) is 11.6 Å². The first-order chi connectivity index (χ1) is 10.0. The van der Waals surface area contributed by atoms with Crippen molar-refractivity contribution >= 4 is 17.5 Å². The lowest BCUT2D eigenvalue weighted by molar-refractivity contribution is -0.123. The molecule has 2 rings (SSSR count). The summed E-state index contributed by atoms with van der Waals surface area (Å²) in [7, 11) is 0. The highest BCUT2D eigenvalue weighted by atomic mass is 35.5. The number of amides is 1. The maximum atomic E-state index is 11.8. The van der Waals surface area contributed by atoms with Crippen molar-refractivity contribution in [3.8, 4) is 5.75 Å². The van der Waals surface area contributed by atoms with E-state index in [1.54, 1.807) is 12.1 Å². The lowest BCUT2D eigenvalue weighted by Crippen LogP contribution is -2.35. The fourth-order valence-electron chi connectivity index (χ4n) is 2.58. The Hall–Kier alpha value is -1.26. The number of nitrogens with one attached hydrogen (secondary N) is 1. The summed E-state index contributed by atoms with van der Waals surface area (Å²) in [6, 6.07) is 5.32. The molecule has 1 aliphatic rings. The molecule has 1 aromatic rings. The zero-order valence-electron chi connectivity index (χ0n) is 12.3. The van der Waals surface area contributed by atoms with Gasteiger partial charge in [-0.2, -0.15) is 0 Å². The van der Waals surface area contributed by atoms with Crippen LogP contribution < -0.4 is 10.1 Å². The topological polar surface area (TPSA) is 58.6 Å². The Morgan fingerprint density at radius 1 is 1.38 bits per heavy atom. The van der Waals surface area contributed by atoms with E-state index in [2.05, 4.69) is 5.32 Å². The second-order valence-corrected chi connectivity index (χ2v) is 6.11. The summed E-state index contributed by atoms with van der Waals surface area (Å²) < 4.78 is 5.50. The van der Waals surface area contributed by atoms with E-state index < -0.39 is 0 Å². The molecular weight excluding hydrogens is 290 g/mol. The van der Waals surface area contributed by atoms with Crippen molar-refractivity contribution in [2.45, 2.75) is 38.7 Å². The van der Waals surface area contributed by atoms with Gasteiger partial charge in [-0.1, -0.05) is 11.6 Å². The van der Waals surface area contributed by atoms with Crippen molar-refractivity contribution < 1.29 is 14.6 Å². The SMILES string of the molecule is Cc1cc(Cl)ccc1OCC(=O)NCC1CCC(O)CC1. The summed E-state index contributed by atoms with van der Waals surface area (Å²) in [5.41, 5.74) is 0.913. The van der Waals surface area contributed by atoms with Gasteiger partial charge in [-0.15, -0.1) is 0 Å². The number of carbonyl (C=O) groups excluding carboxylic acids is 1. The lowest BCUT2D eigenvalue weighted by Gasteiger charge is -2.25. The number of rotatable bonds is 5. The first-order valence-electron chi connectivity index (χ1n) is 7.38. The molecule has 0 unspecified atom stereocenters. The molecule has 1 saturated carbocycles. The number of ether oxygens (including phenoxy) is 1. The van der Waals surface area contributed by atoms with Gasteiger partial charge in [-0.25, -0.2) is 0 Å². The number of benzene rings is 1. The van der Waals surface area contributed by atoms with E-state index in [1.165, 1.54) is 0 Å². The van der Waals surface area contributed by atoms with E-state index in [0.29, 0.717) is 23.2 Å². The number of carbonyl (C=O) groups is 1. The molecule has 5 heteroatoms. The molecule has 116 valence electrons. The Labute approximate surface area is 130 Å². The fraction of sp³-hybridized carbons (Fsp3) is 0.562. The molecule has 21 heavy (non-hydrogen) atoms. The van der Waals surface area contributed by atoms with Gasteiger partial charge < -0.3 is 15.2 Å². The third kappa shape index (κ3) is 5.21. The molecule has 2 N–H and O–H groups in total. The van der Waals surface area contributed by atoms with Gasteiger partial charge in [0.15, 0.2) is 6.61 Å². The van der Waals surface area contributed by atoms with Crippen LogP contribution in [0.2, 0.25) is 5.02 Å². The molecule has 4 nitrogen and oxygen atoms in total. The second-order valence-electron chi connectivity index (χ2n) is 5.68. The Bertz CT molecular complexity index is 484. The summed E-state index contributed by atoms with van der Waals surface area (Å²) in [4.78, 5) is 11.8. The van der Waals surface area contributed by atoms with Gasteiger partial charge in [-0.3, -0.25) is 4.79 Å². The van der Waals surface area contributed by atoms with Crippen LogP contribution in [0.4, 0.5) is 0 Å². The van der Waals surface area contributed by atoms with Crippen LogP contribution in [-0.2, 0) is 4.79 Å². The highest BCUT2D eigenvalue weighted by Gasteiger charge is 2.19. The van der Waals surface area contributed by atoms with Crippen LogP contribution >= 0.6 is 11.6 Å². The minimum absolute atomic E-state index is 0.0117. The van der Waals surface area contributed by atoms with E-state index >= 15 is 0 Å². The van der Waals surface area contributed by atoms with Crippen LogP contribution in [0.5, 0.6) is 5.75 Å². The van der Waals surface area contributed by atoms with Crippen LogP contribution in [0.15, 0.2) is 18.2 Å². The Morgan fingerprint density at radius 2 is 2.10 bits per heavy atom. The number of aliphatic hydroxyl groups is 1. The predicted octanol–water partition coefficient (Wildman–Crippen LogP) is 2.69. The molecule has 0 aliphatic heterocycles. The Kier molecular flexibility index (Phi) is 5.88. The molecule has 1 aliphatic carbocycles. The minimum atomic E-state index is -0.159. The fourth-order valence-corrected chi connectivity index (χ4v) is 2.80. The van der Waals surface area contributed by atoms with Gasteiger partial charge in [0.2, 0.25) is 0 Å². The first-order valence-corrected chi connectivity index (χ1v) is 7.76. The van der Waals surface area contributed by atoms with Gasteiger partial charge in [0.1, 0.15) is 5.75 Å². The first kappa shape index (κ1) is 16.1. The van der Waals surface area contributed by atoms with E-state index in [1.807, 2.05) is 13.0 Å². The zero-order chi connectivity index (χ0) is 15.2. The summed E-state index contributed by atoms with van der Waals surface area (Å²) in [6.45, 7) is 2.57. The molecule has 0 bridgehead atoms. The van der Waals surface area contributed by atoms with Gasteiger partial charge in [0.25, 0.3) is 5.91 Å². The van der Waals surface area contributed by atoms with Crippen molar-refractivity contribution in [1.29, 1.82) is 0 Å². The van der Waals surface area contributed by atoms with Crippen LogP contribution in [-0.4, -0.2) is 30.3 Å². The molecule has 1 amide bonds. The van der Waals surface area contributed by atoms with E-state index in [4.69, 9.17) is 16.3 Å². The predicted molar refractivity (Wildman–Crippen MR) is 82.7 cm³/mol. The van der Waals surface area contributed by atoms with Crippen LogP contribution in [0.1, 0.15) is 31.2 Å². The molecule has 0 radical (unpaired) electrons. The summed E-state index contributed by atoms with van der Waals surface area (Å²) in [5.74, 6) is 1.03. The highest BCUT2D eigenvalue weighted by molar-refractivity contribution is 6.30. The minimum Gasteiger partial charge on any atom is -0.484 e. The molecule has 0 aromatic heterocycles. The normalized spacial score (nSPS) is 21.9. The second kappa shape index (κ2) is 7.66. The number of aryl methyl sites for hydroxylation is 1. The summed E-state index contributed by atoms with van der Waals surface area (Å²) in [6.07, 6.45) is 3.45. The van der Waals surface area contributed by atoms with E-state index in [9.17, 15) is 9.90 Å². The summed E-state index contributed by atoms with van der Waals surface area (Å²) >= 11 is 5.87. The number of hydrogen-bond donors (Lipinski definition) is 2. The molecule has 1 aromatic carbocycles. The maximum absolute atomic E-state index is 11.8. The third-order valence-corrected chi connectivity index (χ3v) is 4.14. The average Bonchev–Trinajstić information content (AvgIpc) is 2.46. The zero-order valence-corrected chi connectivity index (χ0v) is 13.0. The number of halogens is 1. The summed E-state index contributed by atoms with van der Waals surface area (Å²) in [5, 5.41) is 13.0. The molecular formula is C16H22ClNO3. The maximum Gasteiger partial charge on any atom is 0.257 e. The number of hydrogen-bond acceptors (Lipinski definition) is 3. The largest absolute Gasteiger partial charge is 0.484 e. The van der Waals surface area contributed by atoms with Crippen molar-refractivity contribution in [3.05, 3.63) is 28.8 Å². The van der Waals surface area contributed by atoms with Crippen molar-refractivity contribution in [1.82, 2.24) is 5.32 Å². The van der Waals surface area contributed by atoms with Gasteiger partial charge >= 0.3 is 0 Å². The molecule has 0 spiro atoms. The Morgan fingerprint density at radius 3 is 2.76 bits per heavy atom. The molecule has 1 fully saturated rings. The van der Waals surface area contributed by atoms with Crippen LogP contribution in [0.3, 0.4) is 0 Å². The van der Waals surface area contributed by atoms with Crippen molar-refractivity contribution in [3.63, 3.8) is 0 Å². The third-order valence-electron chi connectivity index (χ3n) is 3.90. The van der Waals surface area contributed by atoms with Gasteiger partial charge in [-0.05, 0) is 62.3 Å². The van der Waals surface area contributed by atoms with Gasteiger partial charge in [0.05, 0.1) is 6.10 Å². The van der Waals surface area contributed by atoms with Crippen molar-refractivity contribution in [2.24, 2.45) is 5.92 Å². The monoisotopic (exact) mass is 311 g/mol. The van der Waals surface area contributed by atoms with Crippen molar-refractivity contribution in [2.75, 3.05) is 13.2 Å². The van der Waals surface area contributed by atoms with E-state index in [0.717, 1.165) is 31.2 Å².